The van der Waals surface area contributed by atoms with Crippen molar-refractivity contribution in [2.45, 2.75) is 64.2 Å². The van der Waals surface area contributed by atoms with Crippen LogP contribution in [-0.4, -0.2) is 65.4 Å². The molecule has 2 heterocycles. The van der Waals surface area contributed by atoms with Gasteiger partial charge in [0.05, 0.1) is 0 Å². The molecule has 0 aromatic rings. The molecule has 2 aliphatic heterocycles. The number of carbonyl (C=O) groups excluding carboxylic acids is 3. The summed E-state index contributed by atoms with van der Waals surface area (Å²) in [5.41, 5.74) is 0. The average molecular weight is 377 g/mol. The van der Waals surface area contributed by atoms with Gasteiger partial charge in [-0.05, 0) is 38.0 Å². The first-order valence-corrected chi connectivity index (χ1v) is 9.10. The fourth-order valence-corrected chi connectivity index (χ4v) is 3.52. The molecule has 3 amide bonds. The third kappa shape index (κ3) is 4.67. The molecule has 0 spiro atoms. The molecule has 0 radical (unpaired) electrons. The van der Waals surface area contributed by atoms with Gasteiger partial charge in [-0.25, -0.2) is 0 Å². The zero-order valence-electron chi connectivity index (χ0n) is 15.1. The molecule has 6 nitrogen and oxygen atoms in total. The molecule has 2 fully saturated rings. The summed E-state index contributed by atoms with van der Waals surface area (Å²) in [4.78, 5) is 39.1. The molecule has 0 saturated carbocycles. The summed E-state index contributed by atoms with van der Waals surface area (Å²) >= 11 is 0. The van der Waals surface area contributed by atoms with E-state index in [2.05, 4.69) is 5.32 Å². The van der Waals surface area contributed by atoms with E-state index in [0.29, 0.717) is 24.4 Å². The lowest BCUT2D eigenvalue weighted by molar-refractivity contribution is -0.186. The second-order valence-corrected chi connectivity index (χ2v) is 7.27. The Kier molecular flexibility index (Phi) is 6.52. The molecule has 2 rings (SSSR count). The highest BCUT2D eigenvalue weighted by molar-refractivity contribution is 5.93. The summed E-state index contributed by atoms with van der Waals surface area (Å²) < 4.78 is 38.1. The van der Waals surface area contributed by atoms with E-state index in [1.807, 2.05) is 0 Å². The molecular weight excluding hydrogens is 351 g/mol. The molecular formula is C17H26F3N3O3. The van der Waals surface area contributed by atoms with Gasteiger partial charge >= 0.3 is 12.1 Å². The quantitative estimate of drug-likeness (QED) is 0.811. The van der Waals surface area contributed by atoms with Crippen molar-refractivity contribution in [1.82, 2.24) is 15.1 Å². The lowest BCUT2D eigenvalue weighted by Gasteiger charge is -2.33. The van der Waals surface area contributed by atoms with Crippen LogP contribution < -0.4 is 5.32 Å². The van der Waals surface area contributed by atoms with Gasteiger partial charge in [-0.2, -0.15) is 13.2 Å². The zero-order chi connectivity index (χ0) is 19.5. The zero-order valence-corrected chi connectivity index (χ0v) is 15.1. The molecule has 26 heavy (non-hydrogen) atoms. The van der Waals surface area contributed by atoms with Crippen molar-refractivity contribution in [1.29, 1.82) is 0 Å². The van der Waals surface area contributed by atoms with Gasteiger partial charge in [-0.1, -0.05) is 13.8 Å². The maximum Gasteiger partial charge on any atom is 0.471 e. The van der Waals surface area contributed by atoms with Crippen LogP contribution in [-0.2, 0) is 14.4 Å². The molecule has 1 unspecified atom stereocenters. The Bertz CT molecular complexity index is 545. The molecule has 2 atom stereocenters. The molecule has 0 aromatic heterocycles. The van der Waals surface area contributed by atoms with Crippen molar-refractivity contribution in [3.8, 4) is 0 Å². The van der Waals surface area contributed by atoms with Crippen molar-refractivity contribution >= 4 is 17.7 Å². The summed E-state index contributed by atoms with van der Waals surface area (Å²) in [6, 6.07) is -1.98. The highest BCUT2D eigenvalue weighted by atomic mass is 19.4. The second kappa shape index (κ2) is 8.26. The minimum Gasteiger partial charge on any atom is -0.342 e. The number of nitrogens with zero attached hydrogens (tertiary/aromatic N) is 2. The smallest absolute Gasteiger partial charge is 0.342 e. The van der Waals surface area contributed by atoms with Crippen LogP contribution in [0.1, 0.15) is 46.0 Å². The highest BCUT2D eigenvalue weighted by Crippen LogP contribution is 2.26. The fraction of sp³-hybridized carbons (Fsp3) is 0.824. The number of hydrogen-bond acceptors (Lipinski definition) is 3. The topological polar surface area (TPSA) is 69.7 Å². The van der Waals surface area contributed by atoms with E-state index in [9.17, 15) is 27.6 Å². The predicted octanol–water partition coefficient (Wildman–Crippen LogP) is 1.69. The van der Waals surface area contributed by atoms with E-state index < -0.39 is 30.1 Å². The highest BCUT2D eigenvalue weighted by Gasteiger charge is 2.48. The van der Waals surface area contributed by atoms with Gasteiger partial charge in [0, 0.05) is 19.6 Å². The SMILES string of the molecule is CC(C)[C@@H](NC(=O)C1CCCN1C(=O)C(F)(F)F)C(=O)N1CCCCC1. The average Bonchev–Trinajstić information content (AvgIpc) is 3.07. The number of halogens is 3. The number of rotatable bonds is 4. The Morgan fingerprint density at radius 2 is 1.62 bits per heavy atom. The maximum atomic E-state index is 12.7. The van der Waals surface area contributed by atoms with Crippen molar-refractivity contribution in [2.75, 3.05) is 19.6 Å². The van der Waals surface area contributed by atoms with E-state index in [4.69, 9.17) is 0 Å². The summed E-state index contributed by atoms with van der Waals surface area (Å²) in [6.45, 7) is 4.70. The number of amides is 3. The van der Waals surface area contributed by atoms with Gasteiger partial charge < -0.3 is 15.1 Å². The Balaban J connectivity index is 2.06. The number of carbonyl (C=O) groups is 3. The molecule has 148 valence electrons. The van der Waals surface area contributed by atoms with E-state index in [1.165, 1.54) is 0 Å². The normalized spacial score (nSPS) is 22.5. The maximum absolute atomic E-state index is 12.7. The van der Waals surface area contributed by atoms with Gasteiger partial charge in [0.1, 0.15) is 12.1 Å². The van der Waals surface area contributed by atoms with E-state index >= 15 is 0 Å². The van der Waals surface area contributed by atoms with Crippen molar-refractivity contribution in [3.05, 3.63) is 0 Å². The van der Waals surface area contributed by atoms with Crippen LogP contribution in [0.5, 0.6) is 0 Å². The Labute approximate surface area is 151 Å². The van der Waals surface area contributed by atoms with Gasteiger partial charge in [-0.15, -0.1) is 0 Å². The molecule has 0 aromatic carbocycles. The van der Waals surface area contributed by atoms with Crippen molar-refractivity contribution in [3.63, 3.8) is 0 Å². The number of alkyl halides is 3. The van der Waals surface area contributed by atoms with E-state index in [-0.39, 0.29) is 24.8 Å². The Morgan fingerprint density at radius 3 is 2.15 bits per heavy atom. The summed E-state index contributed by atoms with van der Waals surface area (Å²) in [6.07, 6.45) is -1.66. The first-order valence-electron chi connectivity index (χ1n) is 9.10. The van der Waals surface area contributed by atoms with Crippen molar-refractivity contribution in [2.24, 2.45) is 5.92 Å². The third-order valence-electron chi connectivity index (χ3n) is 4.96. The first-order chi connectivity index (χ1) is 12.1. The molecule has 2 aliphatic rings. The van der Waals surface area contributed by atoms with Crippen LogP contribution in [0.25, 0.3) is 0 Å². The summed E-state index contributed by atoms with van der Waals surface area (Å²) in [5.74, 6) is -3.11. The summed E-state index contributed by atoms with van der Waals surface area (Å²) in [7, 11) is 0. The minimum atomic E-state index is -5.01. The number of nitrogens with one attached hydrogen (secondary N) is 1. The largest absolute Gasteiger partial charge is 0.471 e. The van der Waals surface area contributed by atoms with Gasteiger partial charge in [0.2, 0.25) is 11.8 Å². The Hall–Kier alpha value is -1.80. The molecule has 9 heteroatoms. The van der Waals surface area contributed by atoms with Gasteiger partial charge in [0.25, 0.3) is 0 Å². The van der Waals surface area contributed by atoms with Crippen LogP contribution in [0, 0.1) is 5.92 Å². The van der Waals surface area contributed by atoms with Crippen LogP contribution in [0.4, 0.5) is 13.2 Å². The number of hydrogen-bond donors (Lipinski definition) is 1. The summed E-state index contributed by atoms with van der Waals surface area (Å²) in [5, 5.41) is 2.60. The first kappa shape index (κ1) is 20.5. The molecule has 0 aliphatic carbocycles. The Morgan fingerprint density at radius 1 is 1.00 bits per heavy atom. The van der Waals surface area contributed by atoms with E-state index in [0.717, 1.165) is 19.3 Å². The van der Waals surface area contributed by atoms with Gasteiger partial charge in [-0.3, -0.25) is 14.4 Å². The van der Waals surface area contributed by atoms with Crippen LogP contribution in [0.3, 0.4) is 0 Å². The molecule has 1 N–H and O–H groups in total. The fourth-order valence-electron chi connectivity index (χ4n) is 3.52. The van der Waals surface area contributed by atoms with Gasteiger partial charge in [0.15, 0.2) is 0 Å². The predicted molar refractivity (Wildman–Crippen MR) is 88.0 cm³/mol. The number of piperidine rings is 1. The molecule has 0 bridgehead atoms. The van der Waals surface area contributed by atoms with E-state index in [1.54, 1.807) is 18.7 Å². The minimum absolute atomic E-state index is 0.108. The standard InChI is InChI=1S/C17H26F3N3O3/c1-11(2)13(15(25)22-8-4-3-5-9-22)21-14(24)12-7-6-10-23(12)16(26)17(18,19)20/h11-13H,3-10H2,1-2H3,(H,21,24)/t12?,13-/m1/s1. The third-order valence-corrected chi connectivity index (χ3v) is 4.96. The van der Waals surface area contributed by atoms with Crippen LogP contribution >= 0.6 is 0 Å². The molecule has 2 saturated heterocycles. The van der Waals surface area contributed by atoms with Crippen LogP contribution in [0.15, 0.2) is 0 Å². The van der Waals surface area contributed by atoms with Crippen LogP contribution in [0.2, 0.25) is 0 Å². The lowest BCUT2D eigenvalue weighted by Crippen LogP contribution is -2.57. The monoisotopic (exact) mass is 377 g/mol. The lowest BCUT2D eigenvalue weighted by atomic mass is 10.0. The second-order valence-electron chi connectivity index (χ2n) is 7.27. The number of likely N-dealkylation sites (tertiary alicyclic amines) is 2. The van der Waals surface area contributed by atoms with Crippen molar-refractivity contribution < 1.29 is 27.6 Å².